The first-order valence-corrected chi connectivity index (χ1v) is 12.4. The van der Waals surface area contributed by atoms with E-state index in [1.807, 2.05) is 19.1 Å². The number of anilines is 1. The topological polar surface area (TPSA) is 102 Å². The first-order chi connectivity index (χ1) is 15.7. The first-order valence-electron chi connectivity index (χ1n) is 11.0. The number of aryl methyl sites for hydroxylation is 1. The zero-order valence-corrected chi connectivity index (χ0v) is 20.0. The number of amides is 1. The average Bonchev–Trinajstić information content (AvgIpc) is 3.09. The standard InChI is InChI=1S/C24H30N2O6S/c1-17-9-8-10-20(15-17)25-23(27)18(2)32-24(28)19-11-12-21(31-3)22(16-19)33(29,30)26-13-6-4-5-7-14-26/h8-12,15-16,18H,4-7,13-14H2,1-3H3,(H,25,27). The number of carbonyl (C=O) groups excluding carboxylic acids is 2. The Morgan fingerprint density at radius 2 is 1.73 bits per heavy atom. The zero-order valence-electron chi connectivity index (χ0n) is 19.2. The number of hydrogen-bond donors (Lipinski definition) is 1. The Morgan fingerprint density at radius 1 is 1.03 bits per heavy atom. The summed E-state index contributed by atoms with van der Waals surface area (Å²) < 4.78 is 38.6. The molecule has 8 nitrogen and oxygen atoms in total. The molecule has 178 valence electrons. The lowest BCUT2D eigenvalue weighted by atomic mass is 10.2. The average molecular weight is 475 g/mol. The summed E-state index contributed by atoms with van der Waals surface area (Å²) in [7, 11) is -2.47. The molecule has 33 heavy (non-hydrogen) atoms. The Labute approximate surface area is 194 Å². The van der Waals surface area contributed by atoms with Crippen molar-refractivity contribution in [1.82, 2.24) is 4.31 Å². The molecule has 0 aromatic heterocycles. The molecule has 1 fully saturated rings. The van der Waals surface area contributed by atoms with E-state index in [0.717, 1.165) is 31.2 Å². The fourth-order valence-corrected chi connectivity index (χ4v) is 5.37. The van der Waals surface area contributed by atoms with Gasteiger partial charge in [-0.1, -0.05) is 25.0 Å². The molecule has 1 aliphatic rings. The van der Waals surface area contributed by atoms with Gasteiger partial charge in [-0.25, -0.2) is 13.2 Å². The predicted molar refractivity (Wildman–Crippen MR) is 125 cm³/mol. The van der Waals surface area contributed by atoms with Gasteiger partial charge in [0.05, 0.1) is 12.7 Å². The van der Waals surface area contributed by atoms with Crippen LogP contribution in [0.2, 0.25) is 0 Å². The van der Waals surface area contributed by atoms with Crippen molar-refractivity contribution in [2.75, 3.05) is 25.5 Å². The van der Waals surface area contributed by atoms with Gasteiger partial charge in [-0.05, 0) is 62.6 Å². The molecule has 2 aromatic rings. The van der Waals surface area contributed by atoms with Crippen molar-refractivity contribution in [2.24, 2.45) is 0 Å². The van der Waals surface area contributed by atoms with Gasteiger partial charge in [0.2, 0.25) is 10.0 Å². The van der Waals surface area contributed by atoms with Gasteiger partial charge in [0.25, 0.3) is 5.91 Å². The van der Waals surface area contributed by atoms with E-state index in [1.54, 1.807) is 12.1 Å². The van der Waals surface area contributed by atoms with Gasteiger partial charge in [-0.3, -0.25) is 4.79 Å². The predicted octanol–water partition coefficient (Wildman–Crippen LogP) is 3.75. The van der Waals surface area contributed by atoms with Gasteiger partial charge in [-0.15, -0.1) is 0 Å². The van der Waals surface area contributed by atoms with Crippen LogP contribution in [0.15, 0.2) is 47.4 Å². The molecule has 3 rings (SSSR count). The van der Waals surface area contributed by atoms with E-state index < -0.39 is 28.0 Å². The van der Waals surface area contributed by atoms with Crippen LogP contribution in [0.3, 0.4) is 0 Å². The molecule has 1 amide bonds. The smallest absolute Gasteiger partial charge is 0.338 e. The number of nitrogens with one attached hydrogen (secondary N) is 1. The Bertz CT molecular complexity index is 1110. The third-order valence-corrected chi connectivity index (χ3v) is 7.44. The van der Waals surface area contributed by atoms with Gasteiger partial charge >= 0.3 is 5.97 Å². The maximum Gasteiger partial charge on any atom is 0.338 e. The molecule has 2 aromatic carbocycles. The first kappa shape index (κ1) is 24.7. The second-order valence-corrected chi connectivity index (χ2v) is 10.00. The summed E-state index contributed by atoms with van der Waals surface area (Å²) in [5.74, 6) is -1.13. The van der Waals surface area contributed by atoms with Crippen molar-refractivity contribution in [3.05, 3.63) is 53.6 Å². The number of esters is 1. The summed E-state index contributed by atoms with van der Waals surface area (Å²) in [6.45, 7) is 4.22. The van der Waals surface area contributed by atoms with Crippen LogP contribution in [0.1, 0.15) is 48.5 Å². The van der Waals surface area contributed by atoms with Crippen LogP contribution in [-0.4, -0.2) is 50.9 Å². The molecule has 1 unspecified atom stereocenters. The SMILES string of the molecule is COc1ccc(C(=O)OC(C)C(=O)Nc2cccc(C)c2)cc1S(=O)(=O)N1CCCCCC1. The van der Waals surface area contributed by atoms with Crippen LogP contribution in [-0.2, 0) is 19.6 Å². The number of benzene rings is 2. The molecular weight excluding hydrogens is 444 g/mol. The Hall–Kier alpha value is -2.91. The lowest BCUT2D eigenvalue weighted by molar-refractivity contribution is -0.123. The van der Waals surface area contributed by atoms with E-state index in [2.05, 4.69) is 5.32 Å². The minimum absolute atomic E-state index is 0.0272. The monoisotopic (exact) mass is 474 g/mol. The number of rotatable bonds is 7. The van der Waals surface area contributed by atoms with Crippen LogP contribution >= 0.6 is 0 Å². The molecule has 1 atom stereocenters. The van der Waals surface area contributed by atoms with Crippen LogP contribution in [0.25, 0.3) is 0 Å². The van der Waals surface area contributed by atoms with Gasteiger partial charge in [0.15, 0.2) is 6.10 Å². The molecule has 1 aliphatic heterocycles. The van der Waals surface area contributed by atoms with Crippen molar-refractivity contribution in [3.63, 3.8) is 0 Å². The van der Waals surface area contributed by atoms with Crippen LogP contribution in [0.4, 0.5) is 5.69 Å². The minimum atomic E-state index is -3.85. The Kier molecular flexibility index (Phi) is 8.10. The second-order valence-electron chi connectivity index (χ2n) is 8.09. The second kappa shape index (κ2) is 10.8. The molecular formula is C24H30N2O6S. The highest BCUT2D eigenvalue weighted by molar-refractivity contribution is 7.89. The molecule has 0 radical (unpaired) electrons. The zero-order chi connectivity index (χ0) is 24.0. The van der Waals surface area contributed by atoms with Crippen molar-refractivity contribution in [1.29, 1.82) is 0 Å². The van der Waals surface area contributed by atoms with Crippen LogP contribution in [0.5, 0.6) is 5.75 Å². The summed E-state index contributed by atoms with van der Waals surface area (Å²) in [6.07, 6.45) is 2.47. The van der Waals surface area contributed by atoms with Crippen molar-refractivity contribution in [2.45, 2.75) is 50.5 Å². The highest BCUT2D eigenvalue weighted by Gasteiger charge is 2.30. The summed E-state index contributed by atoms with van der Waals surface area (Å²) in [4.78, 5) is 25.1. The van der Waals surface area contributed by atoms with Crippen molar-refractivity contribution < 1.29 is 27.5 Å². The lowest BCUT2D eigenvalue weighted by Gasteiger charge is -2.21. The molecule has 0 spiro atoms. The highest BCUT2D eigenvalue weighted by atomic mass is 32.2. The number of carbonyl (C=O) groups is 2. The molecule has 9 heteroatoms. The Balaban J connectivity index is 1.77. The number of nitrogens with zero attached hydrogens (tertiary/aromatic N) is 1. The minimum Gasteiger partial charge on any atom is -0.495 e. The fourth-order valence-electron chi connectivity index (χ4n) is 3.68. The highest BCUT2D eigenvalue weighted by Crippen LogP contribution is 2.29. The van der Waals surface area contributed by atoms with E-state index in [0.29, 0.717) is 18.8 Å². The summed E-state index contributed by atoms with van der Waals surface area (Å²) >= 11 is 0. The van der Waals surface area contributed by atoms with E-state index in [-0.39, 0.29) is 16.2 Å². The summed E-state index contributed by atoms with van der Waals surface area (Å²) in [5, 5.41) is 2.70. The molecule has 1 N–H and O–H groups in total. The quantitative estimate of drug-likeness (QED) is 0.613. The Morgan fingerprint density at radius 3 is 2.36 bits per heavy atom. The summed E-state index contributed by atoms with van der Waals surface area (Å²) in [6, 6.07) is 11.4. The van der Waals surface area contributed by atoms with Crippen molar-refractivity contribution >= 4 is 27.6 Å². The van der Waals surface area contributed by atoms with Crippen LogP contribution in [0, 0.1) is 6.92 Å². The van der Waals surface area contributed by atoms with E-state index in [9.17, 15) is 18.0 Å². The molecule has 1 heterocycles. The molecule has 1 saturated heterocycles. The third kappa shape index (κ3) is 6.11. The van der Waals surface area contributed by atoms with Gasteiger partial charge < -0.3 is 14.8 Å². The number of methoxy groups -OCH3 is 1. The normalized spacial score (nSPS) is 15.8. The molecule has 0 saturated carbocycles. The number of ether oxygens (including phenoxy) is 2. The van der Waals surface area contributed by atoms with Crippen molar-refractivity contribution in [3.8, 4) is 5.75 Å². The van der Waals surface area contributed by atoms with E-state index in [4.69, 9.17) is 9.47 Å². The maximum absolute atomic E-state index is 13.3. The van der Waals surface area contributed by atoms with Gasteiger partial charge in [0, 0.05) is 18.8 Å². The number of sulfonamides is 1. The van der Waals surface area contributed by atoms with Gasteiger partial charge in [-0.2, -0.15) is 4.31 Å². The lowest BCUT2D eigenvalue weighted by Crippen LogP contribution is -2.32. The maximum atomic E-state index is 13.3. The third-order valence-electron chi connectivity index (χ3n) is 5.52. The van der Waals surface area contributed by atoms with Crippen LogP contribution < -0.4 is 10.1 Å². The van der Waals surface area contributed by atoms with Gasteiger partial charge in [0.1, 0.15) is 10.6 Å². The largest absolute Gasteiger partial charge is 0.495 e. The number of hydrogen-bond acceptors (Lipinski definition) is 6. The summed E-state index contributed by atoms with van der Waals surface area (Å²) in [5.41, 5.74) is 1.60. The van der Waals surface area contributed by atoms with E-state index in [1.165, 1.54) is 36.5 Å². The molecule has 0 aliphatic carbocycles. The van der Waals surface area contributed by atoms with E-state index >= 15 is 0 Å². The molecule has 0 bridgehead atoms. The fraction of sp³-hybridized carbons (Fsp3) is 0.417.